The lowest BCUT2D eigenvalue weighted by Crippen LogP contribution is -2.55. The molecule has 2 fully saturated rings. The smallest absolute Gasteiger partial charge is 0.237 e. The van der Waals surface area contributed by atoms with E-state index in [0.717, 1.165) is 44.7 Å². The second-order valence-electron chi connectivity index (χ2n) is 7.59. The number of rotatable bonds is 5. The van der Waals surface area contributed by atoms with Crippen molar-refractivity contribution in [2.24, 2.45) is 0 Å². The summed E-state index contributed by atoms with van der Waals surface area (Å²) in [5, 5.41) is 12.4. The number of hydrogen-bond donors (Lipinski definition) is 1. The van der Waals surface area contributed by atoms with Crippen LogP contribution in [0, 0.1) is 11.3 Å². The molecule has 1 aliphatic carbocycles. The van der Waals surface area contributed by atoms with Crippen LogP contribution in [0.1, 0.15) is 55.5 Å². The van der Waals surface area contributed by atoms with Crippen LogP contribution in [0.3, 0.4) is 0 Å². The Morgan fingerprint density at radius 2 is 1.85 bits per heavy atom. The minimum absolute atomic E-state index is 0.00114. The molecule has 1 saturated heterocycles. The normalized spacial score (nSPS) is 19.5. The van der Waals surface area contributed by atoms with E-state index < -0.39 is 0 Å². The number of anilines is 1. The standard InChI is InChI=1S/C21H28N4O2/c1-15(21(27)23-18-5-3-4-6-18)24-9-11-25(12-10-24)20-13-17(14-22)7-8-19(20)16(2)26/h7-8,13,15,18H,3-6,9-12H2,1-2H3,(H,23,27). The van der Waals surface area contributed by atoms with Crippen LogP contribution in [0.15, 0.2) is 18.2 Å². The highest BCUT2D eigenvalue weighted by Gasteiger charge is 2.28. The van der Waals surface area contributed by atoms with Crippen LogP contribution in [0.4, 0.5) is 5.69 Å². The number of nitrogens with one attached hydrogen (secondary N) is 1. The number of Topliss-reactive ketones (excluding diaryl/α,β-unsaturated/α-hetero) is 1. The molecule has 1 aliphatic heterocycles. The van der Waals surface area contributed by atoms with Gasteiger partial charge in [-0.3, -0.25) is 14.5 Å². The molecule has 0 aromatic heterocycles. The van der Waals surface area contributed by atoms with Gasteiger partial charge in [0.15, 0.2) is 5.78 Å². The molecule has 144 valence electrons. The Morgan fingerprint density at radius 1 is 1.19 bits per heavy atom. The molecule has 27 heavy (non-hydrogen) atoms. The first-order valence-electron chi connectivity index (χ1n) is 9.84. The highest BCUT2D eigenvalue weighted by molar-refractivity contribution is 6.00. The second-order valence-corrected chi connectivity index (χ2v) is 7.59. The summed E-state index contributed by atoms with van der Waals surface area (Å²) in [5.41, 5.74) is 2.03. The average molecular weight is 368 g/mol. The van der Waals surface area contributed by atoms with E-state index in [2.05, 4.69) is 21.2 Å². The third-order valence-electron chi connectivity index (χ3n) is 5.79. The first kappa shape index (κ1) is 19.4. The lowest BCUT2D eigenvalue weighted by Gasteiger charge is -2.39. The summed E-state index contributed by atoms with van der Waals surface area (Å²) in [7, 11) is 0. The number of ketones is 1. The Morgan fingerprint density at radius 3 is 2.44 bits per heavy atom. The van der Waals surface area contributed by atoms with E-state index in [4.69, 9.17) is 0 Å². The molecule has 0 bridgehead atoms. The third-order valence-corrected chi connectivity index (χ3v) is 5.79. The van der Waals surface area contributed by atoms with Crippen LogP contribution in [0.2, 0.25) is 0 Å². The molecular weight excluding hydrogens is 340 g/mol. The van der Waals surface area contributed by atoms with Crippen LogP contribution < -0.4 is 10.2 Å². The number of piperazine rings is 1. The summed E-state index contributed by atoms with van der Waals surface area (Å²) >= 11 is 0. The summed E-state index contributed by atoms with van der Waals surface area (Å²) < 4.78 is 0. The van der Waals surface area contributed by atoms with Gasteiger partial charge in [0, 0.05) is 43.5 Å². The fraction of sp³-hybridized carbons (Fsp3) is 0.571. The molecule has 1 heterocycles. The lowest BCUT2D eigenvalue weighted by molar-refractivity contribution is -0.126. The van der Waals surface area contributed by atoms with Crippen molar-refractivity contribution in [3.05, 3.63) is 29.3 Å². The Bertz CT molecular complexity index is 741. The maximum absolute atomic E-state index is 12.5. The predicted molar refractivity (Wildman–Crippen MR) is 105 cm³/mol. The van der Waals surface area contributed by atoms with Crippen molar-refractivity contribution in [3.63, 3.8) is 0 Å². The molecule has 6 heteroatoms. The summed E-state index contributed by atoms with van der Waals surface area (Å²) in [6, 6.07) is 7.56. The zero-order chi connectivity index (χ0) is 19.4. The van der Waals surface area contributed by atoms with Gasteiger partial charge in [0.1, 0.15) is 0 Å². The zero-order valence-electron chi connectivity index (χ0n) is 16.2. The number of nitriles is 1. The Hall–Kier alpha value is -2.39. The Balaban J connectivity index is 1.62. The van der Waals surface area contributed by atoms with Gasteiger partial charge in [-0.25, -0.2) is 0 Å². The van der Waals surface area contributed by atoms with Crippen molar-refractivity contribution in [2.45, 2.75) is 51.6 Å². The molecule has 1 N–H and O–H groups in total. The van der Waals surface area contributed by atoms with Crippen LogP contribution in [-0.2, 0) is 4.79 Å². The minimum Gasteiger partial charge on any atom is -0.368 e. The molecule has 1 aromatic rings. The minimum atomic E-state index is -0.148. The number of carbonyl (C=O) groups excluding carboxylic acids is 2. The van der Waals surface area contributed by atoms with E-state index in [1.807, 2.05) is 6.92 Å². The highest BCUT2D eigenvalue weighted by Crippen LogP contribution is 2.25. The number of carbonyl (C=O) groups is 2. The van der Waals surface area contributed by atoms with E-state index in [1.165, 1.54) is 12.8 Å². The zero-order valence-corrected chi connectivity index (χ0v) is 16.2. The molecular formula is C21H28N4O2. The van der Waals surface area contributed by atoms with E-state index in [1.54, 1.807) is 25.1 Å². The van der Waals surface area contributed by atoms with Gasteiger partial charge < -0.3 is 10.2 Å². The van der Waals surface area contributed by atoms with Crippen molar-refractivity contribution in [2.75, 3.05) is 31.1 Å². The van der Waals surface area contributed by atoms with Gasteiger partial charge >= 0.3 is 0 Å². The fourth-order valence-electron chi connectivity index (χ4n) is 4.07. The van der Waals surface area contributed by atoms with Crippen molar-refractivity contribution < 1.29 is 9.59 Å². The average Bonchev–Trinajstić information content (AvgIpc) is 3.20. The predicted octanol–water partition coefficient (Wildman–Crippen LogP) is 2.33. The largest absolute Gasteiger partial charge is 0.368 e. The monoisotopic (exact) mass is 368 g/mol. The summed E-state index contributed by atoms with van der Waals surface area (Å²) in [6.07, 6.45) is 4.60. The molecule has 2 aliphatic rings. The number of amides is 1. The van der Waals surface area contributed by atoms with Gasteiger partial charge in [0.2, 0.25) is 5.91 Å². The van der Waals surface area contributed by atoms with E-state index >= 15 is 0 Å². The van der Waals surface area contributed by atoms with Gasteiger partial charge in [0.05, 0.1) is 17.7 Å². The summed E-state index contributed by atoms with van der Waals surface area (Å²) in [4.78, 5) is 28.8. The van der Waals surface area contributed by atoms with Gasteiger partial charge in [-0.15, -0.1) is 0 Å². The van der Waals surface area contributed by atoms with Crippen LogP contribution in [-0.4, -0.2) is 54.9 Å². The van der Waals surface area contributed by atoms with Gasteiger partial charge in [-0.05, 0) is 44.9 Å². The molecule has 1 aromatic carbocycles. The summed E-state index contributed by atoms with van der Waals surface area (Å²) in [6.45, 7) is 6.50. The van der Waals surface area contributed by atoms with Crippen LogP contribution in [0.25, 0.3) is 0 Å². The third kappa shape index (κ3) is 4.48. The summed E-state index contributed by atoms with van der Waals surface area (Å²) in [5.74, 6) is 0.118. The topological polar surface area (TPSA) is 76.4 Å². The van der Waals surface area contributed by atoms with E-state index in [9.17, 15) is 14.9 Å². The molecule has 3 rings (SSSR count). The quantitative estimate of drug-likeness (QED) is 0.807. The first-order valence-corrected chi connectivity index (χ1v) is 9.84. The van der Waals surface area contributed by atoms with Gasteiger partial charge in [0.25, 0.3) is 0 Å². The van der Waals surface area contributed by atoms with Gasteiger partial charge in [-0.2, -0.15) is 5.26 Å². The van der Waals surface area contributed by atoms with Crippen LogP contribution >= 0.6 is 0 Å². The fourth-order valence-corrected chi connectivity index (χ4v) is 4.07. The Kier molecular flexibility index (Phi) is 6.12. The van der Waals surface area contributed by atoms with E-state index in [0.29, 0.717) is 17.2 Å². The van der Waals surface area contributed by atoms with Gasteiger partial charge in [-0.1, -0.05) is 12.8 Å². The number of nitrogens with zero attached hydrogens (tertiary/aromatic N) is 3. The van der Waals surface area contributed by atoms with Crippen molar-refractivity contribution in [1.29, 1.82) is 5.26 Å². The first-order chi connectivity index (χ1) is 13.0. The Labute approximate surface area is 161 Å². The molecule has 1 atom stereocenters. The molecule has 6 nitrogen and oxygen atoms in total. The number of hydrogen-bond acceptors (Lipinski definition) is 5. The molecule has 1 amide bonds. The van der Waals surface area contributed by atoms with E-state index in [-0.39, 0.29) is 17.7 Å². The second kappa shape index (κ2) is 8.53. The highest BCUT2D eigenvalue weighted by atomic mass is 16.2. The number of benzene rings is 1. The molecule has 1 saturated carbocycles. The van der Waals surface area contributed by atoms with Crippen molar-refractivity contribution in [1.82, 2.24) is 10.2 Å². The molecule has 1 unspecified atom stereocenters. The SMILES string of the molecule is CC(=O)c1ccc(C#N)cc1N1CCN(C(C)C(=O)NC2CCCC2)CC1. The molecule has 0 spiro atoms. The van der Waals surface area contributed by atoms with Crippen LogP contribution in [0.5, 0.6) is 0 Å². The van der Waals surface area contributed by atoms with Crippen molar-refractivity contribution in [3.8, 4) is 6.07 Å². The lowest BCUT2D eigenvalue weighted by atomic mass is 10.0. The maximum Gasteiger partial charge on any atom is 0.237 e. The molecule has 0 radical (unpaired) electrons. The maximum atomic E-state index is 12.5. The van der Waals surface area contributed by atoms with Crippen molar-refractivity contribution >= 4 is 17.4 Å².